The lowest BCUT2D eigenvalue weighted by Gasteiger charge is -2.18. The summed E-state index contributed by atoms with van der Waals surface area (Å²) >= 11 is 0. The van der Waals surface area contributed by atoms with Gasteiger partial charge in [-0.15, -0.1) is 0 Å². The molecule has 0 spiro atoms. The van der Waals surface area contributed by atoms with E-state index < -0.39 is 6.10 Å². The van der Waals surface area contributed by atoms with Gasteiger partial charge in [0.05, 0.1) is 19.8 Å². The van der Waals surface area contributed by atoms with Gasteiger partial charge in [-0.3, -0.25) is 0 Å². The Kier molecular flexibility index (Phi) is 3.58. The summed E-state index contributed by atoms with van der Waals surface area (Å²) in [6, 6.07) is 0. The number of fused-ring (bicyclic) bond motifs is 1. The highest BCUT2D eigenvalue weighted by atomic mass is 16.6. The predicted octanol–water partition coefficient (Wildman–Crippen LogP) is -0.908. The molecule has 0 radical (unpaired) electrons. The molecule has 2 fully saturated rings. The Morgan fingerprint density at radius 2 is 2.00 bits per heavy atom. The first-order valence-electron chi connectivity index (χ1n) is 5.36. The Hall–Kier alpha value is -0.200. The van der Waals surface area contributed by atoms with E-state index in [1.807, 2.05) is 14.1 Å². The van der Waals surface area contributed by atoms with Crippen LogP contribution in [0.4, 0.5) is 0 Å². The Morgan fingerprint density at radius 1 is 1.27 bits per heavy atom. The Labute approximate surface area is 89.9 Å². The summed E-state index contributed by atoms with van der Waals surface area (Å²) < 4.78 is 16.6. The fourth-order valence-corrected chi connectivity index (χ4v) is 1.97. The molecule has 0 aromatic rings. The third-order valence-corrected chi connectivity index (χ3v) is 2.85. The zero-order valence-electron chi connectivity index (χ0n) is 9.26. The number of aliphatic hydroxyl groups excluding tert-OH is 1. The predicted molar refractivity (Wildman–Crippen MR) is 53.8 cm³/mol. The molecule has 88 valence electrons. The second-order valence-corrected chi connectivity index (χ2v) is 4.38. The highest BCUT2D eigenvalue weighted by Gasteiger charge is 2.47. The molecule has 0 bridgehead atoms. The summed E-state index contributed by atoms with van der Waals surface area (Å²) in [6.45, 7) is 2.45. The largest absolute Gasteiger partial charge is 0.388 e. The molecule has 0 aromatic heterocycles. The topological polar surface area (TPSA) is 51.2 Å². The van der Waals surface area contributed by atoms with Gasteiger partial charge in [-0.2, -0.15) is 0 Å². The summed E-state index contributed by atoms with van der Waals surface area (Å²) in [7, 11) is 4.01. The molecule has 0 saturated carbocycles. The van der Waals surface area contributed by atoms with E-state index in [0.717, 1.165) is 6.54 Å². The van der Waals surface area contributed by atoms with Gasteiger partial charge in [-0.05, 0) is 14.1 Å². The molecule has 2 aliphatic heterocycles. The van der Waals surface area contributed by atoms with E-state index >= 15 is 0 Å². The molecule has 2 heterocycles. The van der Waals surface area contributed by atoms with Crippen LogP contribution < -0.4 is 0 Å². The molecule has 1 N–H and O–H groups in total. The van der Waals surface area contributed by atoms with Gasteiger partial charge in [0.15, 0.2) is 0 Å². The van der Waals surface area contributed by atoms with Crippen molar-refractivity contribution in [1.29, 1.82) is 0 Å². The van der Waals surface area contributed by atoms with Crippen LogP contribution in [-0.2, 0) is 14.2 Å². The Balaban J connectivity index is 1.75. The summed E-state index contributed by atoms with van der Waals surface area (Å²) in [5.41, 5.74) is 0. The van der Waals surface area contributed by atoms with E-state index in [1.165, 1.54) is 0 Å². The monoisotopic (exact) mass is 217 g/mol. The normalized spacial score (nSPS) is 40.0. The zero-order valence-corrected chi connectivity index (χ0v) is 9.26. The Bertz CT molecular complexity index is 212. The summed E-state index contributed by atoms with van der Waals surface area (Å²) in [5.74, 6) is 0. The zero-order chi connectivity index (χ0) is 10.8. The first-order chi connectivity index (χ1) is 7.18. The third kappa shape index (κ3) is 2.49. The Morgan fingerprint density at radius 3 is 2.73 bits per heavy atom. The quantitative estimate of drug-likeness (QED) is 0.661. The minimum atomic E-state index is -0.488. The van der Waals surface area contributed by atoms with E-state index in [-0.39, 0.29) is 18.3 Å². The van der Waals surface area contributed by atoms with Gasteiger partial charge >= 0.3 is 0 Å². The number of ether oxygens (including phenoxy) is 3. The van der Waals surface area contributed by atoms with Gasteiger partial charge in [0.1, 0.15) is 24.4 Å². The molecule has 0 aromatic carbocycles. The highest BCUT2D eigenvalue weighted by molar-refractivity contribution is 4.94. The van der Waals surface area contributed by atoms with Gasteiger partial charge < -0.3 is 24.2 Å². The van der Waals surface area contributed by atoms with Gasteiger partial charge in [-0.25, -0.2) is 0 Å². The highest BCUT2D eigenvalue weighted by Crippen LogP contribution is 2.28. The molecule has 2 aliphatic rings. The maximum atomic E-state index is 9.52. The summed E-state index contributed by atoms with van der Waals surface area (Å²) in [4.78, 5) is 2.07. The van der Waals surface area contributed by atoms with Crippen LogP contribution >= 0.6 is 0 Å². The second-order valence-electron chi connectivity index (χ2n) is 4.38. The molecule has 2 saturated heterocycles. The van der Waals surface area contributed by atoms with Crippen molar-refractivity contribution >= 4 is 0 Å². The van der Waals surface area contributed by atoms with Crippen molar-refractivity contribution in [3.8, 4) is 0 Å². The van der Waals surface area contributed by atoms with Crippen LogP contribution in [0.2, 0.25) is 0 Å². The van der Waals surface area contributed by atoms with Crippen molar-refractivity contribution in [2.75, 3.05) is 40.5 Å². The van der Waals surface area contributed by atoms with Crippen molar-refractivity contribution in [3.05, 3.63) is 0 Å². The molecule has 0 aliphatic carbocycles. The average Bonchev–Trinajstić information content (AvgIpc) is 2.71. The van der Waals surface area contributed by atoms with Gasteiger partial charge in [0.25, 0.3) is 0 Å². The van der Waals surface area contributed by atoms with E-state index in [9.17, 15) is 5.11 Å². The fraction of sp³-hybridized carbons (Fsp3) is 1.00. The van der Waals surface area contributed by atoms with Gasteiger partial charge in [0, 0.05) is 6.54 Å². The van der Waals surface area contributed by atoms with Crippen molar-refractivity contribution in [1.82, 2.24) is 4.90 Å². The van der Waals surface area contributed by atoms with Crippen molar-refractivity contribution in [3.63, 3.8) is 0 Å². The second kappa shape index (κ2) is 4.76. The molecule has 0 amide bonds. The molecule has 5 nitrogen and oxygen atoms in total. The fourth-order valence-electron chi connectivity index (χ4n) is 1.97. The summed E-state index contributed by atoms with van der Waals surface area (Å²) in [5, 5.41) is 9.52. The molecular formula is C10H19NO4. The number of aliphatic hydroxyl groups is 1. The van der Waals surface area contributed by atoms with Crippen molar-refractivity contribution in [2.24, 2.45) is 0 Å². The molecule has 4 atom stereocenters. The van der Waals surface area contributed by atoms with Crippen LogP contribution in [0.1, 0.15) is 0 Å². The third-order valence-electron chi connectivity index (χ3n) is 2.85. The average molecular weight is 217 g/mol. The SMILES string of the molecule is CN(C)CCO[C@@H]1CO[C@H]2[C@@H]1OC[C@@H]2O. The minimum Gasteiger partial charge on any atom is -0.388 e. The smallest absolute Gasteiger partial charge is 0.115 e. The molecule has 15 heavy (non-hydrogen) atoms. The van der Waals surface area contributed by atoms with Gasteiger partial charge in [0.2, 0.25) is 0 Å². The van der Waals surface area contributed by atoms with Crippen LogP contribution in [0.25, 0.3) is 0 Å². The van der Waals surface area contributed by atoms with Crippen molar-refractivity contribution in [2.45, 2.75) is 24.4 Å². The first kappa shape index (κ1) is 11.3. The van der Waals surface area contributed by atoms with Gasteiger partial charge in [-0.1, -0.05) is 0 Å². The lowest BCUT2D eigenvalue weighted by Crippen LogP contribution is -2.34. The molecule has 5 heteroatoms. The number of rotatable bonds is 4. The van der Waals surface area contributed by atoms with Crippen LogP contribution in [-0.4, -0.2) is 74.9 Å². The molecule has 2 rings (SSSR count). The number of hydrogen-bond donors (Lipinski definition) is 1. The van der Waals surface area contributed by atoms with E-state index in [4.69, 9.17) is 14.2 Å². The number of nitrogens with zero attached hydrogens (tertiary/aromatic N) is 1. The van der Waals surface area contributed by atoms with Crippen molar-refractivity contribution < 1.29 is 19.3 Å². The number of hydrogen-bond acceptors (Lipinski definition) is 5. The lowest BCUT2D eigenvalue weighted by atomic mass is 10.1. The molecular weight excluding hydrogens is 198 g/mol. The summed E-state index contributed by atoms with van der Waals surface area (Å²) in [6.07, 6.45) is -0.777. The standard InChI is InChI=1S/C10H19NO4/c1-11(2)3-4-13-8-6-15-9-7(12)5-14-10(8)9/h7-10,12H,3-6H2,1-2H3/t7-,8+,9+,10+/m0/s1. The maximum Gasteiger partial charge on any atom is 0.115 e. The van der Waals surface area contributed by atoms with Crippen LogP contribution in [0, 0.1) is 0 Å². The number of likely N-dealkylation sites (N-methyl/N-ethyl adjacent to an activating group) is 1. The van der Waals surface area contributed by atoms with Crippen LogP contribution in [0.5, 0.6) is 0 Å². The minimum absolute atomic E-state index is 0.0212. The maximum absolute atomic E-state index is 9.52. The van der Waals surface area contributed by atoms with Crippen LogP contribution in [0.3, 0.4) is 0 Å². The van der Waals surface area contributed by atoms with Crippen LogP contribution in [0.15, 0.2) is 0 Å². The lowest BCUT2D eigenvalue weighted by molar-refractivity contribution is -0.0396. The van der Waals surface area contributed by atoms with E-state index in [0.29, 0.717) is 19.8 Å². The van der Waals surface area contributed by atoms with E-state index in [2.05, 4.69) is 4.90 Å². The van der Waals surface area contributed by atoms with E-state index in [1.54, 1.807) is 0 Å². The molecule has 0 unspecified atom stereocenters. The first-order valence-corrected chi connectivity index (χ1v) is 5.36.